The molecular formula is C15H18FNO. The number of nitrogens with zero attached hydrogens (tertiary/aromatic N) is 1. The lowest BCUT2D eigenvalue weighted by atomic mass is 9.97. The SMILES string of the molecule is Cc1ccc(F)c(C2(N3CCC(=O)CC3)CC2)c1. The largest absolute Gasteiger partial charge is 0.300 e. The van der Waals surface area contributed by atoms with Crippen molar-refractivity contribution in [1.82, 2.24) is 4.90 Å². The molecule has 0 unspecified atom stereocenters. The molecule has 18 heavy (non-hydrogen) atoms. The van der Waals surface area contributed by atoms with E-state index in [4.69, 9.17) is 0 Å². The number of piperidine rings is 1. The summed E-state index contributed by atoms with van der Waals surface area (Å²) in [6.45, 7) is 3.57. The fraction of sp³-hybridized carbons (Fsp3) is 0.533. The van der Waals surface area contributed by atoms with Gasteiger partial charge in [0.05, 0.1) is 0 Å². The van der Waals surface area contributed by atoms with Crippen molar-refractivity contribution in [3.63, 3.8) is 0 Å². The maximum atomic E-state index is 14.0. The van der Waals surface area contributed by atoms with Gasteiger partial charge in [-0.15, -0.1) is 0 Å². The molecule has 2 aliphatic rings. The highest BCUT2D eigenvalue weighted by Crippen LogP contribution is 2.52. The Morgan fingerprint density at radius 1 is 1.22 bits per heavy atom. The summed E-state index contributed by atoms with van der Waals surface area (Å²) in [5.41, 5.74) is 1.82. The van der Waals surface area contributed by atoms with Gasteiger partial charge in [0.25, 0.3) is 0 Å². The monoisotopic (exact) mass is 247 g/mol. The smallest absolute Gasteiger partial charge is 0.135 e. The van der Waals surface area contributed by atoms with E-state index in [1.165, 1.54) is 0 Å². The second-order valence-electron chi connectivity index (χ2n) is 5.54. The third kappa shape index (κ3) is 1.87. The number of hydrogen-bond donors (Lipinski definition) is 0. The van der Waals surface area contributed by atoms with Crippen LogP contribution in [-0.2, 0) is 10.3 Å². The van der Waals surface area contributed by atoms with Crippen LogP contribution in [0.4, 0.5) is 4.39 Å². The van der Waals surface area contributed by atoms with Crippen molar-refractivity contribution >= 4 is 5.78 Å². The molecule has 0 aromatic heterocycles. The molecule has 1 saturated heterocycles. The van der Waals surface area contributed by atoms with E-state index < -0.39 is 0 Å². The zero-order valence-electron chi connectivity index (χ0n) is 10.7. The first-order valence-corrected chi connectivity index (χ1v) is 6.65. The maximum absolute atomic E-state index is 14.0. The van der Waals surface area contributed by atoms with Crippen LogP contribution in [0.1, 0.15) is 36.8 Å². The number of likely N-dealkylation sites (tertiary alicyclic amines) is 1. The van der Waals surface area contributed by atoms with Crippen molar-refractivity contribution in [2.45, 2.75) is 38.1 Å². The van der Waals surface area contributed by atoms with Crippen LogP contribution in [0.15, 0.2) is 18.2 Å². The molecule has 1 heterocycles. The highest BCUT2D eigenvalue weighted by molar-refractivity contribution is 5.79. The second kappa shape index (κ2) is 4.16. The molecule has 0 N–H and O–H groups in total. The molecule has 3 heteroatoms. The normalized spacial score (nSPS) is 23.1. The zero-order valence-corrected chi connectivity index (χ0v) is 10.7. The van der Waals surface area contributed by atoms with Crippen LogP contribution in [0.25, 0.3) is 0 Å². The van der Waals surface area contributed by atoms with Crippen LogP contribution in [0, 0.1) is 12.7 Å². The first kappa shape index (κ1) is 11.8. The molecule has 1 aliphatic heterocycles. The second-order valence-corrected chi connectivity index (χ2v) is 5.54. The summed E-state index contributed by atoms with van der Waals surface area (Å²) in [5, 5.41) is 0. The van der Waals surface area contributed by atoms with Crippen LogP contribution in [0.2, 0.25) is 0 Å². The van der Waals surface area contributed by atoms with Gasteiger partial charge in [-0.05, 0) is 25.8 Å². The molecular weight excluding hydrogens is 229 g/mol. The lowest BCUT2D eigenvalue weighted by Gasteiger charge is -2.35. The molecule has 96 valence electrons. The lowest BCUT2D eigenvalue weighted by Crippen LogP contribution is -2.42. The highest BCUT2D eigenvalue weighted by atomic mass is 19.1. The van der Waals surface area contributed by atoms with E-state index in [0.29, 0.717) is 18.6 Å². The minimum Gasteiger partial charge on any atom is -0.300 e. The molecule has 1 aliphatic carbocycles. The summed E-state index contributed by atoms with van der Waals surface area (Å²) in [5.74, 6) is 0.238. The Bertz CT molecular complexity index is 483. The third-order valence-electron chi connectivity index (χ3n) is 4.27. The van der Waals surface area contributed by atoms with Crippen molar-refractivity contribution in [1.29, 1.82) is 0 Å². The molecule has 0 bridgehead atoms. The molecule has 0 radical (unpaired) electrons. The zero-order chi connectivity index (χ0) is 12.8. The van der Waals surface area contributed by atoms with Crippen molar-refractivity contribution in [3.05, 3.63) is 35.1 Å². The Hall–Kier alpha value is -1.22. The summed E-state index contributed by atoms with van der Waals surface area (Å²) in [6, 6.07) is 5.35. The Labute approximate surface area is 107 Å². The number of carbonyl (C=O) groups is 1. The van der Waals surface area contributed by atoms with E-state index in [2.05, 4.69) is 4.90 Å². The first-order chi connectivity index (χ1) is 8.62. The van der Waals surface area contributed by atoms with E-state index in [9.17, 15) is 9.18 Å². The molecule has 2 fully saturated rings. The quantitative estimate of drug-likeness (QED) is 0.801. The summed E-state index contributed by atoms with van der Waals surface area (Å²) in [7, 11) is 0. The highest BCUT2D eigenvalue weighted by Gasteiger charge is 2.51. The van der Waals surface area contributed by atoms with Crippen LogP contribution < -0.4 is 0 Å². The van der Waals surface area contributed by atoms with Gasteiger partial charge in [0, 0.05) is 37.0 Å². The molecule has 0 amide bonds. The fourth-order valence-corrected chi connectivity index (χ4v) is 3.05. The van der Waals surface area contributed by atoms with E-state index in [-0.39, 0.29) is 11.4 Å². The Balaban J connectivity index is 1.90. The van der Waals surface area contributed by atoms with Crippen molar-refractivity contribution in [3.8, 4) is 0 Å². The number of Topliss-reactive ketones (excluding diaryl/α,β-unsaturated/α-hetero) is 1. The number of hydrogen-bond acceptors (Lipinski definition) is 2. The molecule has 1 saturated carbocycles. The number of benzene rings is 1. The minimum atomic E-state index is -0.114. The van der Waals surface area contributed by atoms with E-state index in [0.717, 1.165) is 37.1 Å². The fourth-order valence-electron chi connectivity index (χ4n) is 3.05. The summed E-state index contributed by atoms with van der Waals surface area (Å²) in [6.07, 6.45) is 3.27. The van der Waals surface area contributed by atoms with Crippen molar-refractivity contribution in [2.75, 3.05) is 13.1 Å². The molecule has 3 rings (SSSR count). The maximum Gasteiger partial charge on any atom is 0.135 e. The van der Waals surface area contributed by atoms with Crippen molar-refractivity contribution < 1.29 is 9.18 Å². The predicted octanol–water partition coefficient (Wildman–Crippen LogP) is 2.79. The van der Waals surface area contributed by atoms with Gasteiger partial charge in [0.2, 0.25) is 0 Å². The Morgan fingerprint density at radius 3 is 2.50 bits per heavy atom. The van der Waals surface area contributed by atoms with Crippen LogP contribution >= 0.6 is 0 Å². The number of aryl methyl sites for hydroxylation is 1. The van der Waals surface area contributed by atoms with Gasteiger partial charge in [-0.2, -0.15) is 0 Å². The Kier molecular flexibility index (Phi) is 2.74. The van der Waals surface area contributed by atoms with Gasteiger partial charge in [0.15, 0.2) is 0 Å². The molecule has 0 atom stereocenters. The van der Waals surface area contributed by atoms with Crippen LogP contribution in [0.3, 0.4) is 0 Å². The summed E-state index contributed by atoms with van der Waals surface area (Å²) >= 11 is 0. The van der Waals surface area contributed by atoms with Gasteiger partial charge in [-0.25, -0.2) is 4.39 Å². The lowest BCUT2D eigenvalue weighted by molar-refractivity contribution is -0.122. The number of halogens is 1. The van der Waals surface area contributed by atoms with Gasteiger partial charge in [-0.1, -0.05) is 17.7 Å². The van der Waals surface area contributed by atoms with Gasteiger partial charge >= 0.3 is 0 Å². The van der Waals surface area contributed by atoms with Gasteiger partial charge in [-0.3, -0.25) is 9.69 Å². The molecule has 2 nitrogen and oxygen atoms in total. The van der Waals surface area contributed by atoms with Gasteiger partial charge < -0.3 is 0 Å². The number of rotatable bonds is 2. The number of carbonyl (C=O) groups excluding carboxylic acids is 1. The van der Waals surface area contributed by atoms with E-state index in [1.807, 2.05) is 19.1 Å². The Morgan fingerprint density at radius 2 is 1.89 bits per heavy atom. The van der Waals surface area contributed by atoms with E-state index in [1.54, 1.807) is 6.07 Å². The minimum absolute atomic E-state index is 0.102. The topological polar surface area (TPSA) is 20.3 Å². The first-order valence-electron chi connectivity index (χ1n) is 6.65. The molecule has 1 aromatic rings. The molecule has 0 spiro atoms. The third-order valence-corrected chi connectivity index (χ3v) is 4.27. The summed E-state index contributed by atoms with van der Waals surface area (Å²) < 4.78 is 14.0. The van der Waals surface area contributed by atoms with Crippen LogP contribution in [0.5, 0.6) is 0 Å². The van der Waals surface area contributed by atoms with Crippen molar-refractivity contribution in [2.24, 2.45) is 0 Å². The number of ketones is 1. The van der Waals surface area contributed by atoms with Crippen LogP contribution in [-0.4, -0.2) is 23.8 Å². The predicted molar refractivity (Wildman–Crippen MR) is 67.9 cm³/mol. The van der Waals surface area contributed by atoms with E-state index >= 15 is 0 Å². The van der Waals surface area contributed by atoms with Gasteiger partial charge in [0.1, 0.15) is 11.6 Å². The standard InChI is InChI=1S/C15H18FNO/c1-11-2-3-14(16)13(10-11)15(6-7-15)17-8-4-12(18)5-9-17/h2-3,10H,4-9H2,1H3. The summed E-state index contributed by atoms with van der Waals surface area (Å²) in [4.78, 5) is 13.6. The average Bonchev–Trinajstić information content (AvgIpc) is 3.14. The average molecular weight is 247 g/mol. The molecule has 1 aromatic carbocycles.